The first kappa shape index (κ1) is 31.8. The number of hydrogen-bond acceptors (Lipinski definition) is 6. The lowest BCUT2D eigenvalue weighted by Gasteiger charge is -2.23. The standard InChI is InChI=1S/C26H30F5NO7/c1-3-37-22(23(33)34)15-18-7-9-20(10-8-18)38-14-12-32(11-13-36-17-25(2,27)28)24(35)39-21-6-4-5-19(16-21)26(29,30)31/h4-10,16,22H,3,11-15,17H2,1-2H3,(H,33,34). The Kier molecular flexibility index (Phi) is 11.9. The smallest absolute Gasteiger partial charge is 0.416 e. The lowest BCUT2D eigenvalue weighted by atomic mass is 10.1. The summed E-state index contributed by atoms with van der Waals surface area (Å²) in [6.45, 7) is 1.09. The van der Waals surface area contributed by atoms with Gasteiger partial charge < -0.3 is 29.0 Å². The molecule has 0 fully saturated rings. The van der Waals surface area contributed by atoms with Gasteiger partial charge in [0.2, 0.25) is 0 Å². The average molecular weight is 564 g/mol. The van der Waals surface area contributed by atoms with Gasteiger partial charge in [0.15, 0.2) is 6.10 Å². The molecule has 0 bridgehead atoms. The fourth-order valence-corrected chi connectivity index (χ4v) is 3.25. The molecule has 1 N–H and O–H groups in total. The summed E-state index contributed by atoms with van der Waals surface area (Å²) in [5.41, 5.74) is -0.310. The zero-order valence-electron chi connectivity index (χ0n) is 21.4. The average Bonchev–Trinajstić information content (AvgIpc) is 2.85. The summed E-state index contributed by atoms with van der Waals surface area (Å²) < 4.78 is 85.7. The van der Waals surface area contributed by atoms with Crippen molar-refractivity contribution in [2.24, 2.45) is 0 Å². The van der Waals surface area contributed by atoms with Gasteiger partial charge in [0, 0.05) is 26.5 Å². The van der Waals surface area contributed by atoms with Crippen molar-refractivity contribution in [3.63, 3.8) is 0 Å². The molecule has 1 amide bonds. The first-order valence-corrected chi connectivity index (χ1v) is 11.9. The number of nitrogens with zero attached hydrogens (tertiary/aromatic N) is 1. The molecule has 2 aromatic rings. The molecule has 0 saturated heterocycles. The highest BCUT2D eigenvalue weighted by molar-refractivity contribution is 5.72. The molecule has 2 rings (SSSR count). The van der Waals surface area contributed by atoms with Gasteiger partial charge in [0.05, 0.1) is 18.7 Å². The topological polar surface area (TPSA) is 94.5 Å². The number of aliphatic carboxylic acids is 1. The molecule has 0 saturated carbocycles. The molecule has 0 spiro atoms. The minimum atomic E-state index is -4.64. The highest BCUT2D eigenvalue weighted by atomic mass is 19.4. The van der Waals surface area contributed by atoms with Crippen molar-refractivity contribution in [1.29, 1.82) is 0 Å². The number of ether oxygens (including phenoxy) is 4. The summed E-state index contributed by atoms with van der Waals surface area (Å²) in [5, 5.41) is 9.20. The first-order chi connectivity index (χ1) is 18.3. The largest absolute Gasteiger partial charge is 0.492 e. The van der Waals surface area contributed by atoms with Crippen LogP contribution in [0.3, 0.4) is 0 Å². The van der Waals surface area contributed by atoms with Gasteiger partial charge in [-0.05, 0) is 42.8 Å². The second-order valence-electron chi connectivity index (χ2n) is 8.48. The number of rotatable bonds is 15. The van der Waals surface area contributed by atoms with E-state index in [-0.39, 0.29) is 45.1 Å². The monoisotopic (exact) mass is 563 g/mol. The van der Waals surface area contributed by atoms with Crippen molar-refractivity contribution in [3.8, 4) is 11.5 Å². The third kappa shape index (κ3) is 11.9. The van der Waals surface area contributed by atoms with Crippen LogP contribution >= 0.6 is 0 Å². The number of hydrogen-bond donors (Lipinski definition) is 1. The molecular weight excluding hydrogens is 533 g/mol. The van der Waals surface area contributed by atoms with Gasteiger partial charge in [-0.25, -0.2) is 18.4 Å². The Labute approximate surface area is 222 Å². The number of carbonyl (C=O) groups excluding carboxylic acids is 1. The zero-order valence-corrected chi connectivity index (χ0v) is 21.4. The van der Waals surface area contributed by atoms with Crippen molar-refractivity contribution in [2.45, 2.75) is 38.5 Å². The van der Waals surface area contributed by atoms with Crippen molar-refractivity contribution in [2.75, 3.05) is 39.5 Å². The molecule has 0 aliphatic heterocycles. The zero-order chi connectivity index (χ0) is 29.1. The third-order valence-electron chi connectivity index (χ3n) is 5.10. The van der Waals surface area contributed by atoms with Crippen molar-refractivity contribution >= 4 is 12.1 Å². The second kappa shape index (κ2) is 14.6. The van der Waals surface area contributed by atoms with Crippen LogP contribution in [0.5, 0.6) is 11.5 Å². The number of amides is 1. The van der Waals surface area contributed by atoms with Gasteiger partial charge in [0.25, 0.3) is 5.92 Å². The maximum absolute atomic E-state index is 13.0. The fourth-order valence-electron chi connectivity index (χ4n) is 3.25. The van der Waals surface area contributed by atoms with Gasteiger partial charge in [-0.3, -0.25) is 0 Å². The normalized spacial score (nSPS) is 12.6. The Balaban J connectivity index is 1.99. The quantitative estimate of drug-likeness (QED) is 0.233. The molecule has 0 aliphatic rings. The molecule has 1 atom stereocenters. The number of carboxylic acid groups (broad SMARTS) is 1. The van der Waals surface area contributed by atoms with Crippen molar-refractivity contribution in [3.05, 3.63) is 59.7 Å². The lowest BCUT2D eigenvalue weighted by Crippen LogP contribution is -2.39. The van der Waals surface area contributed by atoms with Crippen LogP contribution in [0.25, 0.3) is 0 Å². The number of alkyl halides is 5. The Hall–Kier alpha value is -3.45. The number of carbonyl (C=O) groups is 2. The number of carboxylic acids is 1. The highest BCUT2D eigenvalue weighted by Gasteiger charge is 2.31. The number of benzene rings is 2. The maximum atomic E-state index is 13.0. The van der Waals surface area contributed by atoms with Gasteiger partial charge in [-0.1, -0.05) is 18.2 Å². The molecule has 0 aliphatic carbocycles. The Morgan fingerprint density at radius 3 is 2.23 bits per heavy atom. The molecule has 8 nitrogen and oxygen atoms in total. The summed E-state index contributed by atoms with van der Waals surface area (Å²) in [6, 6.07) is 10.3. The van der Waals surface area contributed by atoms with Crippen LogP contribution in [0, 0.1) is 0 Å². The molecule has 13 heteroatoms. The van der Waals surface area contributed by atoms with Crippen molar-refractivity contribution in [1.82, 2.24) is 4.90 Å². The predicted octanol–water partition coefficient (Wildman–Crippen LogP) is 5.29. The summed E-state index contributed by atoms with van der Waals surface area (Å²) in [4.78, 5) is 25.0. The maximum Gasteiger partial charge on any atom is 0.416 e. The Morgan fingerprint density at radius 1 is 0.974 bits per heavy atom. The molecule has 1 unspecified atom stereocenters. The van der Waals surface area contributed by atoms with Gasteiger partial charge in [-0.2, -0.15) is 13.2 Å². The summed E-state index contributed by atoms with van der Waals surface area (Å²) in [7, 11) is 0. The van der Waals surface area contributed by atoms with E-state index in [2.05, 4.69) is 0 Å². The molecule has 0 radical (unpaired) electrons. The van der Waals surface area contributed by atoms with Crippen LogP contribution in [-0.2, 0) is 26.9 Å². The van der Waals surface area contributed by atoms with E-state index >= 15 is 0 Å². The van der Waals surface area contributed by atoms with Crippen LogP contribution < -0.4 is 9.47 Å². The van der Waals surface area contributed by atoms with Crippen LogP contribution in [0.2, 0.25) is 0 Å². The minimum absolute atomic E-state index is 0.0718. The SMILES string of the molecule is CCOC(Cc1ccc(OCCN(CCOCC(C)(F)F)C(=O)Oc2cccc(C(F)(F)F)c2)cc1)C(=O)O. The third-order valence-corrected chi connectivity index (χ3v) is 5.10. The summed E-state index contributed by atoms with van der Waals surface area (Å²) in [6.07, 6.45) is -6.50. The molecule has 0 aromatic heterocycles. The van der Waals surface area contributed by atoms with E-state index in [9.17, 15) is 36.6 Å². The van der Waals surface area contributed by atoms with Crippen molar-refractivity contribution < 1.29 is 55.6 Å². The van der Waals surface area contributed by atoms with E-state index in [1.807, 2.05) is 0 Å². The Bertz CT molecular complexity index is 1060. The Morgan fingerprint density at radius 2 is 1.64 bits per heavy atom. The highest BCUT2D eigenvalue weighted by Crippen LogP contribution is 2.31. The van der Waals surface area contributed by atoms with E-state index in [0.29, 0.717) is 24.3 Å². The summed E-state index contributed by atoms with van der Waals surface area (Å²) >= 11 is 0. The molecule has 216 valence electrons. The molecule has 0 heterocycles. The molecule has 2 aromatic carbocycles. The summed E-state index contributed by atoms with van der Waals surface area (Å²) in [5.74, 6) is -4.11. The van der Waals surface area contributed by atoms with Crippen LogP contribution in [-0.4, -0.2) is 73.6 Å². The van der Waals surface area contributed by atoms with Crippen LogP contribution in [0.4, 0.5) is 26.7 Å². The first-order valence-electron chi connectivity index (χ1n) is 11.9. The molecule has 39 heavy (non-hydrogen) atoms. The van der Waals surface area contributed by atoms with Gasteiger partial charge >= 0.3 is 18.2 Å². The van der Waals surface area contributed by atoms with E-state index in [0.717, 1.165) is 17.0 Å². The molecular formula is C26H30F5NO7. The minimum Gasteiger partial charge on any atom is -0.492 e. The fraction of sp³-hybridized carbons (Fsp3) is 0.462. The van der Waals surface area contributed by atoms with Gasteiger partial charge in [-0.15, -0.1) is 0 Å². The second-order valence-corrected chi connectivity index (χ2v) is 8.48. The lowest BCUT2D eigenvalue weighted by molar-refractivity contribution is -0.150. The predicted molar refractivity (Wildman–Crippen MR) is 129 cm³/mol. The van der Waals surface area contributed by atoms with Crippen LogP contribution in [0.1, 0.15) is 25.0 Å². The van der Waals surface area contributed by atoms with E-state index in [4.69, 9.17) is 18.9 Å². The number of halogens is 5. The van der Waals surface area contributed by atoms with Crippen LogP contribution in [0.15, 0.2) is 48.5 Å². The van der Waals surface area contributed by atoms with E-state index < -0.39 is 42.4 Å². The van der Waals surface area contributed by atoms with E-state index in [1.165, 1.54) is 6.07 Å². The van der Waals surface area contributed by atoms with Gasteiger partial charge in [0.1, 0.15) is 24.7 Å². The van der Waals surface area contributed by atoms with E-state index in [1.54, 1.807) is 31.2 Å².